The Balaban J connectivity index is 1.86. The second-order valence-corrected chi connectivity index (χ2v) is 6.32. The van der Waals surface area contributed by atoms with Gasteiger partial charge in [0.05, 0.1) is 12.2 Å². The fourth-order valence-electron chi connectivity index (χ4n) is 2.26. The molecule has 2 nitrogen and oxygen atoms in total. The molecule has 0 saturated carbocycles. The van der Waals surface area contributed by atoms with Crippen LogP contribution in [0.15, 0.2) is 83.3 Å². The molecule has 3 rings (SSSR count). The van der Waals surface area contributed by atoms with E-state index >= 15 is 0 Å². The maximum absolute atomic E-state index is 6.11. The first kappa shape index (κ1) is 15.6. The molecule has 0 heterocycles. The fourth-order valence-corrected chi connectivity index (χ4v) is 2.52. The Hall–Kier alpha value is -2.26. The van der Waals surface area contributed by atoms with Gasteiger partial charge >= 0.3 is 0 Å². The van der Waals surface area contributed by atoms with Crippen LogP contribution in [0.5, 0.6) is 5.75 Å². The van der Waals surface area contributed by atoms with Crippen LogP contribution in [0.25, 0.3) is 0 Å². The average Bonchev–Trinajstić information content (AvgIpc) is 2.58. The van der Waals surface area contributed by atoms with Gasteiger partial charge in [-0.1, -0.05) is 64.0 Å². The van der Waals surface area contributed by atoms with Crippen LogP contribution in [-0.4, -0.2) is 0 Å². The van der Waals surface area contributed by atoms with Crippen LogP contribution in [0.4, 0.5) is 5.69 Å². The lowest BCUT2D eigenvalue weighted by Gasteiger charge is -2.25. The molecule has 0 atom stereocenters. The third kappa shape index (κ3) is 4.36. The Kier molecular flexibility index (Phi) is 4.99. The van der Waals surface area contributed by atoms with Gasteiger partial charge in [-0.15, -0.1) is 0 Å². The van der Waals surface area contributed by atoms with E-state index in [1.807, 2.05) is 47.5 Å². The van der Waals surface area contributed by atoms with E-state index in [9.17, 15) is 0 Å². The van der Waals surface area contributed by atoms with Crippen LogP contribution in [0, 0.1) is 6.92 Å². The number of anilines is 1. The first-order chi connectivity index (χ1) is 11.2. The Labute approximate surface area is 145 Å². The lowest BCUT2D eigenvalue weighted by Crippen LogP contribution is -2.26. The van der Waals surface area contributed by atoms with Crippen LogP contribution < -0.4 is 9.90 Å². The van der Waals surface area contributed by atoms with Crippen molar-refractivity contribution in [3.63, 3.8) is 0 Å². The van der Waals surface area contributed by atoms with Gasteiger partial charge in [0.1, 0.15) is 0 Å². The molecular weight excluding hydrogens is 350 g/mol. The van der Waals surface area contributed by atoms with Gasteiger partial charge < -0.3 is 4.84 Å². The third-order valence-corrected chi connectivity index (χ3v) is 4.05. The van der Waals surface area contributed by atoms with Crippen molar-refractivity contribution in [3.05, 3.63) is 94.5 Å². The normalized spacial score (nSPS) is 10.3. The minimum atomic E-state index is 0.681. The standard InChI is InChI=1S/C20H18BrNO/c1-16-7-11-19(12-8-16)22(15-17-5-3-2-4-6-17)23-20-13-9-18(21)10-14-20/h2-14H,15H2,1H3. The van der Waals surface area contributed by atoms with E-state index in [1.165, 1.54) is 11.1 Å². The summed E-state index contributed by atoms with van der Waals surface area (Å²) in [6.45, 7) is 2.76. The molecule has 0 aliphatic carbocycles. The third-order valence-electron chi connectivity index (χ3n) is 3.52. The number of aryl methyl sites for hydroxylation is 1. The van der Waals surface area contributed by atoms with Gasteiger partial charge in [-0.25, -0.2) is 5.06 Å². The summed E-state index contributed by atoms with van der Waals surface area (Å²) < 4.78 is 1.04. The number of nitrogens with zero attached hydrogens (tertiary/aromatic N) is 1. The van der Waals surface area contributed by atoms with Crippen LogP contribution in [0.2, 0.25) is 0 Å². The molecular formula is C20H18BrNO. The molecule has 0 aromatic heterocycles. The molecule has 0 aliphatic heterocycles. The molecule has 0 unspecified atom stereocenters. The quantitative estimate of drug-likeness (QED) is 0.531. The van der Waals surface area contributed by atoms with Gasteiger partial charge in [0.2, 0.25) is 0 Å². The number of hydrogen-bond donors (Lipinski definition) is 0. The zero-order valence-corrected chi connectivity index (χ0v) is 14.5. The minimum absolute atomic E-state index is 0.681. The average molecular weight is 368 g/mol. The minimum Gasteiger partial charge on any atom is -0.379 e. The van der Waals surface area contributed by atoms with E-state index in [0.29, 0.717) is 6.54 Å². The van der Waals surface area contributed by atoms with Gasteiger partial charge in [-0.2, -0.15) is 0 Å². The van der Waals surface area contributed by atoms with Crippen molar-refractivity contribution in [3.8, 4) is 5.75 Å². The van der Waals surface area contributed by atoms with Gasteiger partial charge in [-0.3, -0.25) is 0 Å². The van der Waals surface area contributed by atoms with Crippen molar-refractivity contribution >= 4 is 21.6 Å². The number of benzene rings is 3. The Morgan fingerprint density at radius 1 is 0.826 bits per heavy atom. The Morgan fingerprint density at radius 3 is 2.13 bits per heavy atom. The highest BCUT2D eigenvalue weighted by molar-refractivity contribution is 9.10. The van der Waals surface area contributed by atoms with E-state index < -0.39 is 0 Å². The van der Waals surface area contributed by atoms with Crippen molar-refractivity contribution in [1.82, 2.24) is 0 Å². The number of hydroxylamine groups is 1. The molecule has 23 heavy (non-hydrogen) atoms. The molecule has 0 saturated heterocycles. The SMILES string of the molecule is Cc1ccc(N(Cc2ccccc2)Oc2ccc(Br)cc2)cc1. The molecule has 0 fully saturated rings. The highest BCUT2D eigenvalue weighted by Gasteiger charge is 2.10. The molecule has 0 N–H and O–H groups in total. The summed E-state index contributed by atoms with van der Waals surface area (Å²) in [5, 5.41) is 1.91. The van der Waals surface area contributed by atoms with Crippen molar-refractivity contribution in [2.24, 2.45) is 0 Å². The molecule has 0 bridgehead atoms. The van der Waals surface area contributed by atoms with Gasteiger partial charge in [0.15, 0.2) is 5.75 Å². The summed E-state index contributed by atoms with van der Waals surface area (Å²) in [7, 11) is 0. The summed E-state index contributed by atoms with van der Waals surface area (Å²) in [4.78, 5) is 6.11. The maximum Gasteiger partial charge on any atom is 0.155 e. The lowest BCUT2D eigenvalue weighted by molar-refractivity contribution is 0.274. The van der Waals surface area contributed by atoms with Crippen LogP contribution in [0.3, 0.4) is 0 Å². The van der Waals surface area contributed by atoms with Crippen molar-refractivity contribution in [2.45, 2.75) is 13.5 Å². The van der Waals surface area contributed by atoms with Gasteiger partial charge in [0.25, 0.3) is 0 Å². The topological polar surface area (TPSA) is 12.5 Å². The summed E-state index contributed by atoms with van der Waals surface area (Å²) in [5.74, 6) is 0.810. The molecule has 116 valence electrons. The predicted molar refractivity (Wildman–Crippen MR) is 98.6 cm³/mol. The molecule has 3 heteroatoms. The van der Waals surface area contributed by atoms with E-state index in [-0.39, 0.29) is 0 Å². The number of rotatable bonds is 5. The lowest BCUT2D eigenvalue weighted by atomic mass is 10.2. The summed E-state index contributed by atoms with van der Waals surface area (Å²) in [6, 6.07) is 26.5. The fraction of sp³-hybridized carbons (Fsp3) is 0.100. The smallest absolute Gasteiger partial charge is 0.155 e. The van der Waals surface area contributed by atoms with E-state index in [0.717, 1.165) is 15.9 Å². The molecule has 0 amide bonds. The van der Waals surface area contributed by atoms with E-state index in [1.54, 1.807) is 0 Å². The van der Waals surface area contributed by atoms with Crippen molar-refractivity contribution < 1.29 is 4.84 Å². The van der Waals surface area contributed by atoms with Crippen molar-refractivity contribution in [1.29, 1.82) is 0 Å². The molecule has 3 aromatic carbocycles. The molecule has 0 radical (unpaired) electrons. The molecule has 0 spiro atoms. The molecule has 0 aliphatic rings. The summed E-state index contributed by atoms with van der Waals surface area (Å²) >= 11 is 3.45. The second kappa shape index (κ2) is 7.34. The van der Waals surface area contributed by atoms with Gasteiger partial charge in [0, 0.05) is 4.47 Å². The number of hydrogen-bond acceptors (Lipinski definition) is 2. The molecule has 3 aromatic rings. The second-order valence-electron chi connectivity index (χ2n) is 5.40. The van der Waals surface area contributed by atoms with Crippen LogP contribution in [0.1, 0.15) is 11.1 Å². The van der Waals surface area contributed by atoms with E-state index in [2.05, 4.69) is 59.3 Å². The number of halogens is 1. The Bertz CT molecular complexity index is 739. The first-order valence-corrected chi connectivity index (χ1v) is 8.32. The van der Waals surface area contributed by atoms with E-state index in [4.69, 9.17) is 4.84 Å². The highest BCUT2D eigenvalue weighted by atomic mass is 79.9. The first-order valence-electron chi connectivity index (χ1n) is 7.52. The highest BCUT2D eigenvalue weighted by Crippen LogP contribution is 2.23. The monoisotopic (exact) mass is 367 g/mol. The zero-order chi connectivity index (χ0) is 16.1. The van der Waals surface area contributed by atoms with Gasteiger partial charge in [-0.05, 0) is 48.9 Å². The maximum atomic E-state index is 6.11. The Morgan fingerprint density at radius 2 is 1.48 bits per heavy atom. The van der Waals surface area contributed by atoms with Crippen LogP contribution >= 0.6 is 15.9 Å². The largest absolute Gasteiger partial charge is 0.379 e. The summed E-state index contributed by atoms with van der Waals surface area (Å²) in [5.41, 5.74) is 3.46. The van der Waals surface area contributed by atoms with Crippen LogP contribution in [-0.2, 0) is 6.54 Å². The zero-order valence-electron chi connectivity index (χ0n) is 12.9. The predicted octanol–water partition coefficient (Wildman–Crippen LogP) is 5.76. The summed E-state index contributed by atoms with van der Waals surface area (Å²) in [6.07, 6.45) is 0. The van der Waals surface area contributed by atoms with Crippen molar-refractivity contribution in [2.75, 3.05) is 5.06 Å².